The van der Waals surface area contributed by atoms with Gasteiger partial charge in [-0.25, -0.2) is 0 Å². The van der Waals surface area contributed by atoms with Crippen LogP contribution in [-0.4, -0.2) is 26.7 Å². The molecule has 0 saturated carbocycles. The molecule has 0 radical (unpaired) electrons. The number of hydrogen-bond donors (Lipinski definition) is 1. The normalized spacial score (nSPS) is 20.9. The van der Waals surface area contributed by atoms with E-state index in [-0.39, 0.29) is 6.42 Å². The van der Waals surface area contributed by atoms with E-state index in [9.17, 15) is 9.90 Å². The van der Waals surface area contributed by atoms with Gasteiger partial charge in [0.25, 0.3) is 5.91 Å². The Morgan fingerprint density at radius 3 is 2.68 bits per heavy atom. The lowest BCUT2D eigenvalue weighted by atomic mass is 9.97. The smallest absolute Gasteiger partial charge is 0.278 e. The summed E-state index contributed by atoms with van der Waals surface area (Å²) in [4.78, 5) is 16.6. The molecule has 22 heavy (non-hydrogen) atoms. The number of halogens is 1. The van der Waals surface area contributed by atoms with Crippen LogP contribution in [0.1, 0.15) is 29.3 Å². The largest absolute Gasteiger partial charge is 0.365 e. The summed E-state index contributed by atoms with van der Waals surface area (Å²) in [6, 6.07) is 10.0. The van der Waals surface area contributed by atoms with Crippen molar-refractivity contribution >= 4 is 23.2 Å². The van der Waals surface area contributed by atoms with Crippen molar-refractivity contribution in [1.82, 2.24) is 9.99 Å². The fourth-order valence-corrected chi connectivity index (χ4v) is 2.61. The van der Waals surface area contributed by atoms with Gasteiger partial charge < -0.3 is 5.11 Å². The van der Waals surface area contributed by atoms with E-state index in [0.29, 0.717) is 21.9 Å². The first-order valence-electron chi connectivity index (χ1n) is 6.78. The van der Waals surface area contributed by atoms with Crippen LogP contribution >= 0.6 is 11.6 Å². The minimum atomic E-state index is -1.51. The molecule has 0 fully saturated rings. The second-order valence-corrected chi connectivity index (χ2v) is 5.63. The maximum absolute atomic E-state index is 12.6. The van der Waals surface area contributed by atoms with Gasteiger partial charge in [-0.2, -0.15) is 10.1 Å². The molecule has 1 aromatic heterocycles. The second kappa shape index (κ2) is 5.51. The third-order valence-electron chi connectivity index (χ3n) is 3.53. The SMILES string of the molecule is CC1=NN(C(=O)c2cccnc2)[C@](O)(c2ccc(Cl)cc2)C1. The van der Waals surface area contributed by atoms with Crippen molar-refractivity contribution in [1.29, 1.82) is 0 Å². The quantitative estimate of drug-likeness (QED) is 0.926. The topological polar surface area (TPSA) is 65.8 Å². The Bertz CT molecular complexity index is 731. The van der Waals surface area contributed by atoms with E-state index in [1.165, 1.54) is 6.20 Å². The van der Waals surface area contributed by atoms with Gasteiger partial charge >= 0.3 is 0 Å². The monoisotopic (exact) mass is 315 g/mol. The summed E-state index contributed by atoms with van der Waals surface area (Å²) in [5.41, 5.74) is 0.0967. The molecule has 0 unspecified atom stereocenters. The minimum absolute atomic E-state index is 0.251. The molecular formula is C16H14ClN3O2. The van der Waals surface area contributed by atoms with Crippen LogP contribution in [0.5, 0.6) is 0 Å². The number of amides is 1. The fraction of sp³-hybridized carbons (Fsp3) is 0.188. The van der Waals surface area contributed by atoms with Crippen LogP contribution in [0.15, 0.2) is 53.9 Å². The lowest BCUT2D eigenvalue weighted by molar-refractivity contribution is -0.0765. The van der Waals surface area contributed by atoms with Crippen molar-refractivity contribution in [3.8, 4) is 0 Å². The zero-order chi connectivity index (χ0) is 15.7. The van der Waals surface area contributed by atoms with Gasteiger partial charge in [-0.05, 0) is 31.2 Å². The molecule has 6 heteroatoms. The van der Waals surface area contributed by atoms with Crippen LogP contribution in [0.2, 0.25) is 5.02 Å². The number of aliphatic hydroxyl groups is 1. The van der Waals surface area contributed by atoms with Gasteiger partial charge in [-0.1, -0.05) is 23.7 Å². The lowest BCUT2D eigenvalue weighted by Gasteiger charge is -2.31. The summed E-state index contributed by atoms with van der Waals surface area (Å²) < 4.78 is 0. The lowest BCUT2D eigenvalue weighted by Crippen LogP contribution is -2.43. The van der Waals surface area contributed by atoms with E-state index >= 15 is 0 Å². The molecule has 3 rings (SSSR count). The van der Waals surface area contributed by atoms with E-state index in [4.69, 9.17) is 11.6 Å². The molecule has 1 amide bonds. The predicted octanol–water partition coefficient (Wildman–Crippen LogP) is 2.80. The summed E-state index contributed by atoms with van der Waals surface area (Å²) in [6.07, 6.45) is 3.29. The molecule has 112 valence electrons. The summed E-state index contributed by atoms with van der Waals surface area (Å²) in [7, 11) is 0. The van der Waals surface area contributed by atoms with Crippen LogP contribution in [0.25, 0.3) is 0 Å². The molecule has 0 spiro atoms. The Hall–Kier alpha value is -2.24. The highest BCUT2D eigenvalue weighted by Crippen LogP contribution is 2.36. The number of nitrogens with zero attached hydrogens (tertiary/aromatic N) is 3. The highest BCUT2D eigenvalue weighted by molar-refractivity contribution is 6.30. The number of pyridine rings is 1. The van der Waals surface area contributed by atoms with Gasteiger partial charge in [-0.15, -0.1) is 0 Å². The van der Waals surface area contributed by atoms with E-state index < -0.39 is 11.6 Å². The average molecular weight is 316 g/mol. The number of carbonyl (C=O) groups is 1. The standard InChI is InChI=1S/C16H14ClN3O2/c1-11-9-16(22,13-4-6-14(17)7-5-13)20(19-11)15(21)12-3-2-8-18-10-12/h2-8,10,22H,9H2,1H3/t16-/m1/s1. The molecule has 1 aliphatic rings. The van der Waals surface area contributed by atoms with Crippen LogP contribution in [0.3, 0.4) is 0 Å². The van der Waals surface area contributed by atoms with Crippen molar-refractivity contribution in [3.05, 3.63) is 64.9 Å². The number of hydrazone groups is 1. The number of hydrogen-bond acceptors (Lipinski definition) is 4. The maximum Gasteiger partial charge on any atom is 0.278 e. The van der Waals surface area contributed by atoms with Crippen LogP contribution in [0.4, 0.5) is 0 Å². The summed E-state index contributed by atoms with van der Waals surface area (Å²) in [5.74, 6) is -0.401. The Kier molecular flexibility index (Phi) is 3.68. The van der Waals surface area contributed by atoms with Crippen molar-refractivity contribution in [2.75, 3.05) is 0 Å². The first-order chi connectivity index (χ1) is 10.5. The van der Waals surface area contributed by atoms with Crippen LogP contribution in [-0.2, 0) is 5.72 Å². The zero-order valence-electron chi connectivity index (χ0n) is 11.9. The molecular weight excluding hydrogens is 302 g/mol. The van der Waals surface area contributed by atoms with Crippen molar-refractivity contribution in [2.24, 2.45) is 5.10 Å². The number of benzene rings is 1. The van der Waals surface area contributed by atoms with E-state index in [1.54, 1.807) is 49.5 Å². The Morgan fingerprint density at radius 1 is 1.32 bits per heavy atom. The molecule has 0 aliphatic carbocycles. The van der Waals surface area contributed by atoms with Gasteiger partial charge in [-0.3, -0.25) is 9.78 Å². The van der Waals surface area contributed by atoms with E-state index in [2.05, 4.69) is 10.1 Å². The Morgan fingerprint density at radius 2 is 2.05 bits per heavy atom. The summed E-state index contributed by atoms with van der Waals surface area (Å²) in [5, 5.41) is 16.9. The van der Waals surface area contributed by atoms with Gasteiger partial charge in [0.1, 0.15) is 0 Å². The summed E-state index contributed by atoms with van der Waals surface area (Å²) >= 11 is 5.89. The first-order valence-corrected chi connectivity index (χ1v) is 7.15. The molecule has 1 aliphatic heterocycles. The van der Waals surface area contributed by atoms with E-state index in [0.717, 1.165) is 5.01 Å². The maximum atomic E-state index is 12.6. The number of carbonyl (C=O) groups excluding carboxylic acids is 1. The Balaban J connectivity index is 2.01. The molecule has 1 atom stereocenters. The highest BCUT2D eigenvalue weighted by Gasteiger charge is 2.45. The molecule has 5 nitrogen and oxygen atoms in total. The molecule has 0 bridgehead atoms. The Labute approximate surface area is 132 Å². The minimum Gasteiger partial charge on any atom is -0.365 e. The van der Waals surface area contributed by atoms with Crippen LogP contribution in [0, 0.1) is 0 Å². The first kappa shape index (κ1) is 14.7. The van der Waals surface area contributed by atoms with Crippen molar-refractivity contribution < 1.29 is 9.90 Å². The molecule has 2 heterocycles. The molecule has 2 aromatic rings. The van der Waals surface area contributed by atoms with Crippen LogP contribution < -0.4 is 0 Å². The average Bonchev–Trinajstić information content (AvgIpc) is 2.84. The molecule has 1 N–H and O–H groups in total. The number of aromatic nitrogens is 1. The van der Waals surface area contributed by atoms with Gasteiger partial charge in [0, 0.05) is 35.1 Å². The third kappa shape index (κ3) is 2.49. The highest BCUT2D eigenvalue weighted by atomic mass is 35.5. The predicted molar refractivity (Wildman–Crippen MR) is 83.5 cm³/mol. The fourth-order valence-electron chi connectivity index (χ4n) is 2.49. The second-order valence-electron chi connectivity index (χ2n) is 5.19. The van der Waals surface area contributed by atoms with Crippen molar-refractivity contribution in [3.63, 3.8) is 0 Å². The zero-order valence-corrected chi connectivity index (χ0v) is 12.7. The molecule has 1 aromatic carbocycles. The molecule has 0 saturated heterocycles. The van der Waals surface area contributed by atoms with Crippen molar-refractivity contribution in [2.45, 2.75) is 19.1 Å². The number of rotatable bonds is 2. The summed E-state index contributed by atoms with van der Waals surface area (Å²) in [6.45, 7) is 1.78. The van der Waals surface area contributed by atoms with Gasteiger partial charge in [0.2, 0.25) is 0 Å². The van der Waals surface area contributed by atoms with Gasteiger partial charge in [0.05, 0.1) is 5.56 Å². The van der Waals surface area contributed by atoms with Gasteiger partial charge in [0.15, 0.2) is 5.72 Å². The van der Waals surface area contributed by atoms with E-state index in [1.807, 2.05) is 0 Å². The third-order valence-corrected chi connectivity index (χ3v) is 3.78.